The average molecular weight is 218 g/mol. The van der Waals surface area contributed by atoms with E-state index in [1.165, 1.54) is 0 Å². The molecule has 0 aliphatic heterocycles. The van der Waals surface area contributed by atoms with E-state index in [2.05, 4.69) is 4.72 Å². The number of hydrogen-bond acceptors (Lipinski definition) is 3. The molecule has 1 heterocycles. The molecule has 0 unspecified atom stereocenters. The van der Waals surface area contributed by atoms with E-state index in [0.717, 1.165) is 5.56 Å². The van der Waals surface area contributed by atoms with E-state index in [1.54, 1.807) is 0 Å². The van der Waals surface area contributed by atoms with E-state index in [0.29, 0.717) is 0 Å². The van der Waals surface area contributed by atoms with Crippen molar-refractivity contribution in [3.63, 3.8) is 0 Å². The topological polar surface area (TPSA) is 71.3 Å². The van der Waals surface area contributed by atoms with Gasteiger partial charge in [-0.25, -0.2) is 13.1 Å². The number of hydrogen-bond donors (Lipinski definition) is 2. The largest absolute Gasteiger partial charge is 0.395 e. The predicted molar refractivity (Wildman–Crippen MR) is 53.1 cm³/mol. The molecule has 0 radical (unpaired) electrons. The second-order valence-electron chi connectivity index (χ2n) is 3.05. The molecule has 0 atom stereocenters. The minimum absolute atomic E-state index is 0.250. The zero-order valence-electron chi connectivity index (χ0n) is 7.97. The number of nitrogens with one attached hydrogen (secondary N) is 1. The van der Waals surface area contributed by atoms with Crippen LogP contribution in [0.1, 0.15) is 5.56 Å². The maximum atomic E-state index is 11.1. The summed E-state index contributed by atoms with van der Waals surface area (Å²) in [5.41, 5.74) is 0.897. The van der Waals surface area contributed by atoms with Crippen molar-refractivity contribution in [2.75, 3.05) is 12.4 Å². The van der Waals surface area contributed by atoms with Crippen LogP contribution in [-0.2, 0) is 23.6 Å². The van der Waals surface area contributed by atoms with Gasteiger partial charge in [0.25, 0.3) is 0 Å². The molecule has 0 saturated carbocycles. The highest BCUT2D eigenvalue weighted by molar-refractivity contribution is 7.89. The number of rotatable bonds is 5. The molecular weight excluding hydrogens is 204 g/mol. The Balaban J connectivity index is 2.48. The molecule has 0 amide bonds. The van der Waals surface area contributed by atoms with Crippen LogP contribution in [0.2, 0.25) is 0 Å². The first-order valence-corrected chi connectivity index (χ1v) is 5.88. The smallest absolute Gasteiger partial charge is 0.214 e. The van der Waals surface area contributed by atoms with E-state index in [4.69, 9.17) is 5.11 Å². The molecule has 1 aromatic heterocycles. The van der Waals surface area contributed by atoms with Crippen molar-refractivity contribution in [3.05, 3.63) is 24.0 Å². The van der Waals surface area contributed by atoms with Gasteiger partial charge in [-0.2, -0.15) is 0 Å². The Labute approximate surface area is 83.4 Å². The lowest BCUT2D eigenvalue weighted by Gasteiger charge is -2.02. The van der Waals surface area contributed by atoms with Gasteiger partial charge in [0.2, 0.25) is 10.0 Å². The zero-order chi connectivity index (χ0) is 10.6. The monoisotopic (exact) mass is 218 g/mol. The van der Waals surface area contributed by atoms with Crippen LogP contribution in [0.25, 0.3) is 0 Å². The summed E-state index contributed by atoms with van der Waals surface area (Å²) in [5, 5.41) is 8.48. The zero-order valence-corrected chi connectivity index (χ0v) is 8.79. The highest BCUT2D eigenvalue weighted by Crippen LogP contribution is 1.99. The van der Waals surface area contributed by atoms with E-state index >= 15 is 0 Å². The molecule has 6 heteroatoms. The number of aliphatic hydroxyl groups excluding tert-OH is 1. The van der Waals surface area contributed by atoms with Gasteiger partial charge in [0, 0.05) is 26.0 Å². The highest BCUT2D eigenvalue weighted by atomic mass is 32.2. The summed E-state index contributed by atoms with van der Waals surface area (Å²) < 4.78 is 26.5. The Morgan fingerprint density at radius 1 is 1.57 bits per heavy atom. The van der Waals surface area contributed by atoms with Gasteiger partial charge in [0.1, 0.15) is 0 Å². The Kier molecular flexibility index (Phi) is 3.68. The van der Waals surface area contributed by atoms with Crippen LogP contribution in [-0.4, -0.2) is 30.5 Å². The summed E-state index contributed by atoms with van der Waals surface area (Å²) in [6.07, 6.45) is 3.68. The second kappa shape index (κ2) is 4.59. The SMILES string of the molecule is Cn1ccc(CNS(=O)(=O)CCO)c1. The third-order valence-electron chi connectivity index (χ3n) is 1.75. The number of aromatic nitrogens is 1. The highest BCUT2D eigenvalue weighted by Gasteiger charge is 2.08. The molecule has 0 bridgehead atoms. The Morgan fingerprint density at radius 2 is 2.29 bits per heavy atom. The second-order valence-corrected chi connectivity index (χ2v) is 4.98. The van der Waals surface area contributed by atoms with Gasteiger partial charge in [-0.15, -0.1) is 0 Å². The van der Waals surface area contributed by atoms with E-state index in [1.807, 2.05) is 30.1 Å². The molecule has 0 aromatic carbocycles. The summed E-state index contributed by atoms with van der Waals surface area (Å²) in [7, 11) is -1.46. The van der Waals surface area contributed by atoms with Crippen LogP contribution in [0.4, 0.5) is 0 Å². The Bertz CT molecular complexity index is 383. The maximum absolute atomic E-state index is 11.1. The van der Waals surface area contributed by atoms with Gasteiger partial charge in [0.15, 0.2) is 0 Å². The summed E-state index contributed by atoms with van der Waals surface area (Å²) in [5.74, 6) is -0.250. The fraction of sp³-hybridized carbons (Fsp3) is 0.500. The molecule has 14 heavy (non-hydrogen) atoms. The fourth-order valence-corrected chi connectivity index (χ4v) is 1.82. The van der Waals surface area contributed by atoms with Gasteiger partial charge < -0.3 is 9.67 Å². The summed E-state index contributed by atoms with van der Waals surface area (Å²) in [6, 6.07) is 1.83. The fourth-order valence-electron chi connectivity index (χ4n) is 1.05. The van der Waals surface area contributed by atoms with Crippen molar-refractivity contribution in [1.29, 1.82) is 0 Å². The molecule has 0 fully saturated rings. The third kappa shape index (κ3) is 3.49. The van der Waals surface area contributed by atoms with Crippen LogP contribution in [0.15, 0.2) is 18.5 Å². The van der Waals surface area contributed by atoms with E-state index < -0.39 is 10.0 Å². The van der Waals surface area contributed by atoms with E-state index in [-0.39, 0.29) is 18.9 Å². The van der Waals surface area contributed by atoms with Crippen LogP contribution in [0.3, 0.4) is 0 Å². The quantitative estimate of drug-likeness (QED) is 0.695. The number of aliphatic hydroxyl groups is 1. The first-order valence-electron chi connectivity index (χ1n) is 4.22. The van der Waals surface area contributed by atoms with Gasteiger partial charge in [-0.3, -0.25) is 0 Å². The van der Waals surface area contributed by atoms with Crippen LogP contribution in [0, 0.1) is 0 Å². The van der Waals surface area contributed by atoms with Crippen molar-refractivity contribution >= 4 is 10.0 Å². The molecule has 80 valence electrons. The molecule has 0 spiro atoms. The van der Waals surface area contributed by atoms with Crippen LogP contribution < -0.4 is 4.72 Å². The van der Waals surface area contributed by atoms with Crippen molar-refractivity contribution in [2.24, 2.45) is 7.05 Å². The summed E-state index contributed by atoms with van der Waals surface area (Å²) >= 11 is 0. The van der Waals surface area contributed by atoms with Gasteiger partial charge >= 0.3 is 0 Å². The van der Waals surface area contributed by atoms with Crippen molar-refractivity contribution < 1.29 is 13.5 Å². The Morgan fingerprint density at radius 3 is 2.79 bits per heavy atom. The molecule has 5 nitrogen and oxygen atoms in total. The molecule has 2 N–H and O–H groups in total. The maximum Gasteiger partial charge on any atom is 0.214 e. The van der Waals surface area contributed by atoms with Gasteiger partial charge in [-0.1, -0.05) is 0 Å². The number of aryl methyl sites for hydroxylation is 1. The van der Waals surface area contributed by atoms with Crippen molar-refractivity contribution in [3.8, 4) is 0 Å². The van der Waals surface area contributed by atoms with Gasteiger partial charge in [0.05, 0.1) is 12.4 Å². The minimum atomic E-state index is -3.33. The Hall–Kier alpha value is -0.850. The summed E-state index contributed by atoms with van der Waals surface area (Å²) in [6.45, 7) is -0.0900. The minimum Gasteiger partial charge on any atom is -0.395 e. The standard InChI is InChI=1S/C8H14N2O3S/c1-10-3-2-8(7-10)6-9-14(12,13)5-4-11/h2-3,7,9,11H,4-6H2,1H3. The van der Waals surface area contributed by atoms with Gasteiger partial charge in [-0.05, 0) is 11.6 Å². The van der Waals surface area contributed by atoms with Crippen molar-refractivity contribution in [1.82, 2.24) is 9.29 Å². The lowest BCUT2D eigenvalue weighted by Crippen LogP contribution is -2.27. The van der Waals surface area contributed by atoms with E-state index in [9.17, 15) is 8.42 Å². The predicted octanol–water partition coefficient (Wildman–Crippen LogP) is -0.563. The van der Waals surface area contributed by atoms with Crippen LogP contribution in [0.5, 0.6) is 0 Å². The molecule has 1 aromatic rings. The molecule has 0 aliphatic rings. The first kappa shape index (κ1) is 11.2. The normalized spacial score (nSPS) is 11.9. The molecule has 0 aliphatic carbocycles. The lowest BCUT2D eigenvalue weighted by atomic mass is 10.4. The average Bonchev–Trinajstić information content (AvgIpc) is 2.48. The summed E-state index contributed by atoms with van der Waals surface area (Å²) in [4.78, 5) is 0. The van der Waals surface area contributed by atoms with Crippen LogP contribution >= 0.6 is 0 Å². The third-order valence-corrected chi connectivity index (χ3v) is 3.05. The van der Waals surface area contributed by atoms with Crippen molar-refractivity contribution in [2.45, 2.75) is 6.54 Å². The first-order chi connectivity index (χ1) is 6.53. The number of sulfonamides is 1. The number of nitrogens with zero attached hydrogens (tertiary/aromatic N) is 1. The molecular formula is C8H14N2O3S. The lowest BCUT2D eigenvalue weighted by molar-refractivity contribution is 0.319. The molecule has 0 saturated heterocycles. The molecule has 1 rings (SSSR count).